The van der Waals surface area contributed by atoms with E-state index in [9.17, 15) is 0 Å². The van der Waals surface area contributed by atoms with Crippen molar-refractivity contribution >= 4 is 23.1 Å². The van der Waals surface area contributed by atoms with Gasteiger partial charge in [0.05, 0.1) is 11.8 Å². The van der Waals surface area contributed by atoms with Crippen LogP contribution < -0.4 is 5.73 Å². The summed E-state index contributed by atoms with van der Waals surface area (Å²) in [6, 6.07) is 1.45. The van der Waals surface area contributed by atoms with Gasteiger partial charge in [-0.1, -0.05) is 0 Å². The van der Waals surface area contributed by atoms with Crippen molar-refractivity contribution in [2.24, 2.45) is 5.73 Å². The highest BCUT2D eigenvalue weighted by molar-refractivity contribution is 7.98. The molecule has 0 aliphatic carbocycles. The van der Waals surface area contributed by atoms with Gasteiger partial charge in [0.25, 0.3) is 5.88 Å². The Balaban J connectivity index is 1.78. The van der Waals surface area contributed by atoms with Gasteiger partial charge < -0.3 is 15.4 Å². The van der Waals surface area contributed by atoms with E-state index in [2.05, 4.69) is 10.1 Å². The van der Waals surface area contributed by atoms with Crippen LogP contribution in [0.1, 0.15) is 22.5 Å². The molecule has 92 valence electrons. The van der Waals surface area contributed by atoms with Gasteiger partial charge in [-0.2, -0.15) is 11.8 Å². The topological polar surface area (TPSA) is 85.2 Å². The van der Waals surface area contributed by atoms with E-state index in [1.807, 2.05) is 12.3 Å². The van der Waals surface area contributed by atoms with Crippen molar-refractivity contribution in [1.29, 1.82) is 0 Å². The van der Waals surface area contributed by atoms with Crippen LogP contribution >= 0.6 is 23.1 Å². The third-order valence-corrected chi connectivity index (χ3v) is 4.22. The number of hydrogen-bond donors (Lipinski definition) is 2. The van der Waals surface area contributed by atoms with Gasteiger partial charge in [0, 0.05) is 22.9 Å². The average Bonchev–Trinajstić information content (AvgIpc) is 2.88. The second-order valence-electron chi connectivity index (χ2n) is 3.60. The fourth-order valence-electron chi connectivity index (χ4n) is 1.27. The third kappa shape index (κ3) is 3.45. The summed E-state index contributed by atoms with van der Waals surface area (Å²) in [6.45, 7) is 1.96. The summed E-state index contributed by atoms with van der Waals surface area (Å²) in [5.74, 6) is 1.97. The molecule has 2 aromatic heterocycles. The van der Waals surface area contributed by atoms with E-state index in [1.165, 1.54) is 6.07 Å². The van der Waals surface area contributed by atoms with Crippen molar-refractivity contribution in [2.45, 2.75) is 18.7 Å². The summed E-state index contributed by atoms with van der Waals surface area (Å²) in [5.41, 5.74) is 7.01. The quantitative estimate of drug-likeness (QED) is 0.866. The molecule has 3 N–H and O–H groups in total. The van der Waals surface area contributed by atoms with Crippen molar-refractivity contribution in [2.75, 3.05) is 5.75 Å². The molecule has 0 aromatic carbocycles. The average molecular weight is 271 g/mol. The Morgan fingerprint density at radius 1 is 1.65 bits per heavy atom. The highest BCUT2D eigenvalue weighted by Crippen LogP contribution is 2.23. The lowest BCUT2D eigenvalue weighted by molar-refractivity contribution is 0.347. The van der Waals surface area contributed by atoms with Crippen LogP contribution in [-0.2, 0) is 5.75 Å². The Labute approximate surface area is 107 Å². The zero-order chi connectivity index (χ0) is 12.3. The van der Waals surface area contributed by atoms with Crippen LogP contribution in [0.15, 0.2) is 16.0 Å². The lowest BCUT2D eigenvalue weighted by atomic mass is 10.4. The minimum Gasteiger partial charge on any atom is -0.491 e. The number of nitrogens with two attached hydrogens (primary N) is 1. The number of thioether (sulfide) groups is 1. The second kappa shape index (κ2) is 5.52. The molecule has 2 rings (SSSR count). The molecule has 0 radical (unpaired) electrons. The van der Waals surface area contributed by atoms with Gasteiger partial charge in [0.1, 0.15) is 5.01 Å². The fraction of sp³-hybridized carbons (Fsp3) is 0.400. The largest absolute Gasteiger partial charge is 0.491 e. The van der Waals surface area contributed by atoms with Crippen LogP contribution in [0.2, 0.25) is 0 Å². The standard InChI is InChI=1S/C10H13N3O2S2/c1-6-3-17-10(12-6)8(11)5-16-4-7-2-9(14)13-15-7/h2-3,8H,4-5,11H2,1H3,(H,13,14). The Morgan fingerprint density at radius 3 is 3.06 bits per heavy atom. The minimum absolute atomic E-state index is 0.0600. The molecule has 0 saturated carbocycles. The maximum atomic E-state index is 9.00. The van der Waals surface area contributed by atoms with Gasteiger partial charge in [-0.15, -0.1) is 11.3 Å². The van der Waals surface area contributed by atoms with Gasteiger partial charge in [0.2, 0.25) is 0 Å². The van der Waals surface area contributed by atoms with E-state index >= 15 is 0 Å². The highest BCUT2D eigenvalue weighted by Gasteiger charge is 2.11. The Kier molecular flexibility index (Phi) is 4.03. The molecule has 0 aliphatic heterocycles. The third-order valence-electron chi connectivity index (χ3n) is 2.04. The summed E-state index contributed by atoms with van der Waals surface area (Å²) in [7, 11) is 0. The molecule has 17 heavy (non-hydrogen) atoms. The van der Waals surface area contributed by atoms with E-state index in [0.29, 0.717) is 11.5 Å². The van der Waals surface area contributed by atoms with Crippen molar-refractivity contribution in [1.82, 2.24) is 10.1 Å². The Hall–Kier alpha value is -1.05. The van der Waals surface area contributed by atoms with Crippen molar-refractivity contribution in [3.05, 3.63) is 27.9 Å². The summed E-state index contributed by atoms with van der Waals surface area (Å²) < 4.78 is 4.88. The number of nitrogens with zero attached hydrogens (tertiary/aromatic N) is 2. The van der Waals surface area contributed by atoms with Crippen LogP contribution in [0.4, 0.5) is 0 Å². The Bertz CT molecular complexity index is 483. The normalized spacial score (nSPS) is 12.8. The molecule has 0 spiro atoms. The van der Waals surface area contributed by atoms with E-state index in [-0.39, 0.29) is 11.9 Å². The van der Waals surface area contributed by atoms with Gasteiger partial charge in [-0.25, -0.2) is 4.98 Å². The molecule has 7 heteroatoms. The van der Waals surface area contributed by atoms with Crippen LogP contribution in [0.3, 0.4) is 0 Å². The van der Waals surface area contributed by atoms with E-state index in [0.717, 1.165) is 16.5 Å². The smallest absolute Gasteiger partial charge is 0.251 e. The van der Waals surface area contributed by atoms with E-state index in [4.69, 9.17) is 15.4 Å². The van der Waals surface area contributed by atoms with E-state index in [1.54, 1.807) is 23.1 Å². The summed E-state index contributed by atoms with van der Waals surface area (Å²) >= 11 is 3.21. The Morgan fingerprint density at radius 2 is 2.47 bits per heavy atom. The maximum absolute atomic E-state index is 9.00. The predicted molar refractivity (Wildman–Crippen MR) is 68.1 cm³/mol. The van der Waals surface area contributed by atoms with Crippen LogP contribution in [-0.4, -0.2) is 21.0 Å². The zero-order valence-electron chi connectivity index (χ0n) is 9.29. The molecule has 1 atom stereocenters. The first-order valence-electron chi connectivity index (χ1n) is 5.05. The number of aromatic nitrogens is 2. The summed E-state index contributed by atoms with van der Waals surface area (Å²) in [5, 5.41) is 15.3. The van der Waals surface area contributed by atoms with Gasteiger partial charge in [0.15, 0.2) is 5.76 Å². The fourth-order valence-corrected chi connectivity index (χ4v) is 3.04. The molecule has 0 amide bonds. The van der Waals surface area contributed by atoms with Gasteiger partial charge in [-0.05, 0) is 12.1 Å². The first kappa shape index (κ1) is 12.4. The monoisotopic (exact) mass is 271 g/mol. The molecule has 0 bridgehead atoms. The van der Waals surface area contributed by atoms with Crippen molar-refractivity contribution in [3.8, 4) is 5.88 Å². The van der Waals surface area contributed by atoms with Gasteiger partial charge in [-0.3, -0.25) is 0 Å². The van der Waals surface area contributed by atoms with Gasteiger partial charge >= 0.3 is 0 Å². The summed E-state index contributed by atoms with van der Waals surface area (Å²) in [6.07, 6.45) is 0. The van der Waals surface area contributed by atoms with E-state index < -0.39 is 0 Å². The van der Waals surface area contributed by atoms with Crippen molar-refractivity contribution < 1.29 is 9.63 Å². The molecule has 5 nitrogen and oxygen atoms in total. The second-order valence-corrected chi connectivity index (χ2v) is 5.52. The molecule has 2 aromatic rings. The molecule has 0 aliphatic rings. The summed E-state index contributed by atoms with van der Waals surface area (Å²) in [4.78, 5) is 4.34. The number of thiazole rings is 1. The SMILES string of the molecule is Cc1csc(C(N)CSCc2cc(O)no2)n1. The van der Waals surface area contributed by atoms with Crippen LogP contribution in [0.25, 0.3) is 0 Å². The molecule has 1 unspecified atom stereocenters. The zero-order valence-corrected chi connectivity index (χ0v) is 10.9. The lowest BCUT2D eigenvalue weighted by Gasteiger charge is -2.06. The molecular formula is C10H13N3O2S2. The molecule has 0 saturated heterocycles. The van der Waals surface area contributed by atoms with Crippen LogP contribution in [0.5, 0.6) is 5.88 Å². The van der Waals surface area contributed by atoms with Crippen molar-refractivity contribution in [3.63, 3.8) is 0 Å². The lowest BCUT2D eigenvalue weighted by Crippen LogP contribution is -2.12. The minimum atomic E-state index is -0.0829. The molecular weight excluding hydrogens is 258 g/mol. The number of aryl methyl sites for hydroxylation is 1. The first-order chi connectivity index (χ1) is 8.15. The van der Waals surface area contributed by atoms with Crippen LogP contribution in [0, 0.1) is 6.92 Å². The number of rotatable bonds is 5. The predicted octanol–water partition coefficient (Wildman–Crippen LogP) is 2.08. The maximum Gasteiger partial charge on any atom is 0.251 e. The highest BCUT2D eigenvalue weighted by atomic mass is 32.2. The first-order valence-corrected chi connectivity index (χ1v) is 7.08. The number of hydrogen-bond acceptors (Lipinski definition) is 7. The number of aromatic hydroxyl groups is 1. The molecule has 2 heterocycles. The molecule has 0 fully saturated rings.